The molecule has 0 radical (unpaired) electrons. The van der Waals surface area contributed by atoms with Crippen LogP contribution in [0.25, 0.3) is 5.57 Å². The molecule has 1 aliphatic carbocycles. The Balaban J connectivity index is 1.69. The molecule has 0 bridgehead atoms. The average Bonchev–Trinajstić information content (AvgIpc) is 3.04. The number of nitrogens with zero attached hydrogens (tertiary/aromatic N) is 1. The van der Waals surface area contributed by atoms with Crippen molar-refractivity contribution in [2.75, 3.05) is 20.2 Å². The molecule has 2 aromatic rings. The van der Waals surface area contributed by atoms with Crippen molar-refractivity contribution in [3.63, 3.8) is 0 Å². The van der Waals surface area contributed by atoms with Crippen molar-refractivity contribution in [2.24, 2.45) is 5.92 Å². The number of ether oxygens (including phenoxy) is 1. The molecule has 4 rings (SSSR count). The van der Waals surface area contributed by atoms with Crippen LogP contribution in [0.3, 0.4) is 0 Å². The van der Waals surface area contributed by atoms with Crippen LogP contribution >= 0.6 is 0 Å². The van der Waals surface area contributed by atoms with E-state index in [1.54, 1.807) is 23.5 Å². The lowest BCUT2D eigenvalue weighted by atomic mass is 9.92. The molecular formula is C23H25NO3S. The van der Waals surface area contributed by atoms with E-state index >= 15 is 0 Å². The Hall–Kier alpha value is -2.37. The lowest BCUT2D eigenvalue weighted by Crippen LogP contribution is -2.28. The second kappa shape index (κ2) is 7.57. The standard InChI is InChI=1S/C23H25NO3S/c1-17-7-13-21(14-8-17)28(25,26)24-15-19-5-3-4-6-22(23(19)16-24)18-9-11-20(27-2)12-10-18/h3,5,7-14,19H,4,6,15-16H2,1-2H3/t19-/m0/s1. The van der Waals surface area contributed by atoms with E-state index in [0.29, 0.717) is 18.0 Å². The topological polar surface area (TPSA) is 46.6 Å². The summed E-state index contributed by atoms with van der Waals surface area (Å²) in [6, 6.07) is 15.2. The van der Waals surface area contributed by atoms with Gasteiger partial charge in [0.05, 0.1) is 12.0 Å². The van der Waals surface area contributed by atoms with Gasteiger partial charge in [-0.15, -0.1) is 0 Å². The Kier molecular flexibility index (Phi) is 5.13. The van der Waals surface area contributed by atoms with E-state index < -0.39 is 10.0 Å². The van der Waals surface area contributed by atoms with E-state index in [2.05, 4.69) is 24.3 Å². The van der Waals surface area contributed by atoms with Crippen molar-refractivity contribution in [1.29, 1.82) is 0 Å². The minimum absolute atomic E-state index is 0.139. The molecule has 5 heteroatoms. The van der Waals surface area contributed by atoms with Crippen LogP contribution in [0.4, 0.5) is 0 Å². The third-order valence-corrected chi connectivity index (χ3v) is 7.43. The Bertz CT molecular complexity index is 1020. The highest BCUT2D eigenvalue weighted by molar-refractivity contribution is 7.89. The second-order valence-electron chi connectivity index (χ2n) is 7.42. The molecule has 1 aliphatic heterocycles. The molecule has 0 saturated carbocycles. The monoisotopic (exact) mass is 395 g/mol. The Morgan fingerprint density at radius 2 is 1.75 bits per heavy atom. The largest absolute Gasteiger partial charge is 0.497 e. The van der Waals surface area contributed by atoms with Gasteiger partial charge in [0.2, 0.25) is 10.0 Å². The number of hydrogen-bond donors (Lipinski definition) is 0. The summed E-state index contributed by atoms with van der Waals surface area (Å²) in [6.07, 6.45) is 6.26. The van der Waals surface area contributed by atoms with Crippen molar-refractivity contribution in [3.05, 3.63) is 77.4 Å². The fourth-order valence-corrected chi connectivity index (χ4v) is 5.45. The van der Waals surface area contributed by atoms with Crippen LogP contribution in [-0.2, 0) is 10.0 Å². The zero-order valence-corrected chi connectivity index (χ0v) is 17.1. The first-order valence-electron chi connectivity index (χ1n) is 9.59. The molecule has 28 heavy (non-hydrogen) atoms. The van der Waals surface area contributed by atoms with Crippen molar-refractivity contribution < 1.29 is 13.2 Å². The highest BCUT2D eigenvalue weighted by Crippen LogP contribution is 2.38. The van der Waals surface area contributed by atoms with Crippen molar-refractivity contribution in [1.82, 2.24) is 4.31 Å². The van der Waals surface area contributed by atoms with Crippen LogP contribution in [0.1, 0.15) is 24.0 Å². The van der Waals surface area contributed by atoms with E-state index in [0.717, 1.165) is 29.7 Å². The molecule has 0 aromatic heterocycles. The minimum atomic E-state index is -3.50. The summed E-state index contributed by atoms with van der Waals surface area (Å²) in [5.41, 5.74) is 4.69. The fourth-order valence-electron chi connectivity index (χ4n) is 4.01. The van der Waals surface area contributed by atoms with Gasteiger partial charge in [0.1, 0.15) is 5.75 Å². The SMILES string of the molecule is COc1ccc(C2=C3CN(S(=O)(=O)c4ccc(C)cc4)C[C@@H]3C=CCC2)cc1. The molecule has 1 atom stereocenters. The van der Waals surface area contributed by atoms with Gasteiger partial charge in [-0.2, -0.15) is 4.31 Å². The highest BCUT2D eigenvalue weighted by atomic mass is 32.2. The molecule has 0 N–H and O–H groups in total. The number of hydrogen-bond acceptors (Lipinski definition) is 3. The Labute approximate surface area is 167 Å². The molecule has 1 saturated heterocycles. The van der Waals surface area contributed by atoms with Gasteiger partial charge >= 0.3 is 0 Å². The number of sulfonamides is 1. The molecule has 1 heterocycles. The van der Waals surface area contributed by atoms with Crippen LogP contribution in [0.15, 0.2) is 71.2 Å². The minimum Gasteiger partial charge on any atom is -0.497 e. The summed E-state index contributed by atoms with van der Waals surface area (Å²) >= 11 is 0. The number of allylic oxidation sites excluding steroid dienone is 2. The first-order valence-corrected chi connectivity index (χ1v) is 11.0. The molecule has 0 unspecified atom stereocenters. The number of fused-ring (bicyclic) bond motifs is 1. The van der Waals surface area contributed by atoms with E-state index in [4.69, 9.17) is 4.74 Å². The second-order valence-corrected chi connectivity index (χ2v) is 9.35. The fraction of sp³-hybridized carbons (Fsp3) is 0.304. The summed E-state index contributed by atoms with van der Waals surface area (Å²) in [5.74, 6) is 0.965. The summed E-state index contributed by atoms with van der Waals surface area (Å²) in [7, 11) is -1.84. The van der Waals surface area contributed by atoms with E-state index in [-0.39, 0.29) is 5.92 Å². The van der Waals surface area contributed by atoms with Gasteiger partial charge in [0, 0.05) is 19.0 Å². The Morgan fingerprint density at radius 3 is 2.43 bits per heavy atom. The average molecular weight is 396 g/mol. The third-order valence-electron chi connectivity index (χ3n) is 5.61. The van der Waals surface area contributed by atoms with Gasteiger partial charge in [0.25, 0.3) is 0 Å². The first-order chi connectivity index (χ1) is 13.5. The third kappa shape index (κ3) is 3.52. The smallest absolute Gasteiger partial charge is 0.243 e. The number of benzene rings is 2. The van der Waals surface area contributed by atoms with Gasteiger partial charge in [-0.05, 0) is 60.7 Å². The highest BCUT2D eigenvalue weighted by Gasteiger charge is 2.36. The lowest BCUT2D eigenvalue weighted by Gasteiger charge is -2.16. The summed E-state index contributed by atoms with van der Waals surface area (Å²) < 4.78 is 33.2. The van der Waals surface area contributed by atoms with Crippen LogP contribution in [0.5, 0.6) is 5.75 Å². The normalized spacial score (nSPS) is 20.1. The van der Waals surface area contributed by atoms with E-state index in [9.17, 15) is 8.42 Å². The zero-order chi connectivity index (χ0) is 19.7. The van der Waals surface area contributed by atoms with Gasteiger partial charge in [0.15, 0.2) is 0 Å². The van der Waals surface area contributed by atoms with Crippen LogP contribution in [0, 0.1) is 12.8 Å². The predicted molar refractivity (Wildman–Crippen MR) is 112 cm³/mol. The lowest BCUT2D eigenvalue weighted by molar-refractivity contribution is 0.415. The quantitative estimate of drug-likeness (QED) is 0.720. The molecule has 146 valence electrons. The van der Waals surface area contributed by atoms with Crippen molar-refractivity contribution in [2.45, 2.75) is 24.7 Å². The molecule has 0 amide bonds. The first kappa shape index (κ1) is 19.0. The molecule has 4 nitrogen and oxygen atoms in total. The van der Waals surface area contributed by atoms with Crippen LogP contribution < -0.4 is 4.74 Å². The van der Waals surface area contributed by atoms with E-state index in [1.165, 1.54) is 11.1 Å². The molecule has 2 aliphatic rings. The molecular weight excluding hydrogens is 370 g/mol. The number of rotatable bonds is 4. The van der Waals surface area contributed by atoms with E-state index in [1.807, 2.05) is 31.2 Å². The summed E-state index contributed by atoms with van der Waals surface area (Å²) in [4.78, 5) is 0.366. The maximum atomic E-state index is 13.2. The maximum absolute atomic E-state index is 13.2. The zero-order valence-electron chi connectivity index (χ0n) is 16.3. The number of aryl methyl sites for hydroxylation is 1. The molecule has 2 aromatic carbocycles. The van der Waals surface area contributed by atoms with Gasteiger partial charge < -0.3 is 4.74 Å². The summed E-state index contributed by atoms with van der Waals surface area (Å²) in [5, 5.41) is 0. The molecule has 0 spiro atoms. The number of methoxy groups -OCH3 is 1. The van der Waals surface area contributed by atoms with Gasteiger partial charge in [-0.25, -0.2) is 8.42 Å². The predicted octanol–water partition coefficient (Wildman–Crippen LogP) is 4.43. The van der Waals surface area contributed by atoms with Crippen molar-refractivity contribution >= 4 is 15.6 Å². The summed E-state index contributed by atoms with van der Waals surface area (Å²) in [6.45, 7) is 2.91. The van der Waals surface area contributed by atoms with Gasteiger partial charge in [-0.1, -0.05) is 42.0 Å². The Morgan fingerprint density at radius 1 is 1.04 bits per heavy atom. The van der Waals surface area contributed by atoms with Crippen LogP contribution in [-0.4, -0.2) is 32.9 Å². The van der Waals surface area contributed by atoms with Gasteiger partial charge in [-0.3, -0.25) is 0 Å². The van der Waals surface area contributed by atoms with Crippen LogP contribution in [0.2, 0.25) is 0 Å². The molecule has 1 fully saturated rings. The van der Waals surface area contributed by atoms with Crippen molar-refractivity contribution in [3.8, 4) is 5.75 Å². The maximum Gasteiger partial charge on any atom is 0.243 e.